The van der Waals surface area contributed by atoms with E-state index in [0.717, 1.165) is 6.07 Å². The highest BCUT2D eigenvalue weighted by atomic mass is 16.6. The van der Waals surface area contributed by atoms with E-state index in [4.69, 9.17) is 4.74 Å². The van der Waals surface area contributed by atoms with Crippen LogP contribution in [0.2, 0.25) is 0 Å². The third-order valence-corrected chi connectivity index (χ3v) is 4.06. The molecule has 8 nitrogen and oxygen atoms in total. The second-order valence-electron chi connectivity index (χ2n) is 5.66. The highest BCUT2D eigenvalue weighted by molar-refractivity contribution is 6.05. The van der Waals surface area contributed by atoms with Crippen LogP contribution in [0.25, 0.3) is 0 Å². The molecule has 2 amide bonds. The second kappa shape index (κ2) is 8.79. The third kappa shape index (κ3) is 4.60. The van der Waals surface area contributed by atoms with E-state index in [2.05, 4.69) is 5.32 Å². The molecule has 1 N–H and O–H groups in total. The summed E-state index contributed by atoms with van der Waals surface area (Å²) in [6.07, 6.45) is 0. The first-order chi connectivity index (χ1) is 12.9. The summed E-state index contributed by atoms with van der Waals surface area (Å²) in [5, 5.41) is 13.8. The van der Waals surface area contributed by atoms with Gasteiger partial charge in [0.2, 0.25) is 0 Å². The normalized spacial score (nSPS) is 10.2. The van der Waals surface area contributed by atoms with Crippen LogP contribution in [0.4, 0.5) is 11.4 Å². The fourth-order valence-corrected chi connectivity index (χ4v) is 2.60. The average molecular weight is 371 g/mol. The van der Waals surface area contributed by atoms with E-state index in [0.29, 0.717) is 24.3 Å². The Balaban J connectivity index is 2.24. The van der Waals surface area contributed by atoms with Crippen LogP contribution in [0.15, 0.2) is 42.5 Å². The Morgan fingerprint density at radius 2 is 1.81 bits per heavy atom. The molecule has 0 heterocycles. The van der Waals surface area contributed by atoms with Gasteiger partial charge in [0.05, 0.1) is 12.0 Å². The van der Waals surface area contributed by atoms with Gasteiger partial charge in [-0.05, 0) is 44.2 Å². The van der Waals surface area contributed by atoms with E-state index in [9.17, 15) is 19.7 Å². The lowest BCUT2D eigenvalue weighted by molar-refractivity contribution is -0.385. The zero-order valence-corrected chi connectivity index (χ0v) is 15.4. The standard InChI is InChI=1S/C19H21N3O5/c1-4-21(5-2)19(24)14-7-6-8-15(11-14)20-18(23)13-9-10-17(27-3)16(12-13)22(25)26/h6-12H,4-5H2,1-3H3,(H,20,23). The van der Waals surface area contributed by atoms with Crippen molar-refractivity contribution in [2.45, 2.75) is 13.8 Å². The van der Waals surface area contributed by atoms with E-state index in [1.165, 1.54) is 19.2 Å². The number of nitro benzene ring substituents is 1. The number of ether oxygens (including phenoxy) is 1. The van der Waals surface area contributed by atoms with E-state index in [-0.39, 0.29) is 22.9 Å². The van der Waals surface area contributed by atoms with E-state index in [1.54, 1.807) is 29.2 Å². The lowest BCUT2D eigenvalue weighted by atomic mass is 10.1. The summed E-state index contributed by atoms with van der Waals surface area (Å²) in [6.45, 7) is 4.95. The minimum Gasteiger partial charge on any atom is -0.490 e. The van der Waals surface area contributed by atoms with Crippen molar-refractivity contribution in [1.29, 1.82) is 0 Å². The fourth-order valence-electron chi connectivity index (χ4n) is 2.60. The highest BCUT2D eigenvalue weighted by Crippen LogP contribution is 2.28. The van der Waals surface area contributed by atoms with E-state index in [1.807, 2.05) is 13.8 Å². The number of carbonyl (C=O) groups is 2. The minimum atomic E-state index is -0.612. The van der Waals surface area contributed by atoms with Crippen LogP contribution in [0.3, 0.4) is 0 Å². The Hall–Kier alpha value is -3.42. The van der Waals surface area contributed by atoms with Gasteiger partial charge in [-0.25, -0.2) is 0 Å². The fraction of sp³-hybridized carbons (Fsp3) is 0.263. The van der Waals surface area contributed by atoms with Crippen LogP contribution in [-0.2, 0) is 0 Å². The number of anilines is 1. The zero-order valence-electron chi connectivity index (χ0n) is 15.4. The van der Waals surface area contributed by atoms with Crippen molar-refractivity contribution in [3.05, 3.63) is 63.7 Å². The topological polar surface area (TPSA) is 102 Å². The average Bonchev–Trinajstić information content (AvgIpc) is 2.68. The summed E-state index contributed by atoms with van der Waals surface area (Å²) in [7, 11) is 1.32. The number of nitrogens with zero attached hydrogens (tertiary/aromatic N) is 2. The number of carbonyl (C=O) groups excluding carboxylic acids is 2. The monoisotopic (exact) mass is 371 g/mol. The van der Waals surface area contributed by atoms with Gasteiger partial charge in [0, 0.05) is 36.0 Å². The first-order valence-corrected chi connectivity index (χ1v) is 8.44. The maximum Gasteiger partial charge on any atom is 0.311 e. The van der Waals surface area contributed by atoms with Gasteiger partial charge in [0.25, 0.3) is 11.8 Å². The van der Waals surface area contributed by atoms with Crippen molar-refractivity contribution in [2.24, 2.45) is 0 Å². The van der Waals surface area contributed by atoms with Crippen molar-refractivity contribution in [2.75, 3.05) is 25.5 Å². The van der Waals surface area contributed by atoms with Crippen LogP contribution in [0.5, 0.6) is 5.75 Å². The molecule has 0 spiro atoms. The maximum absolute atomic E-state index is 12.4. The summed E-state index contributed by atoms with van der Waals surface area (Å²) < 4.78 is 4.93. The predicted octanol–water partition coefficient (Wildman–Crippen LogP) is 3.34. The molecule has 2 rings (SSSR count). The number of benzene rings is 2. The van der Waals surface area contributed by atoms with Gasteiger partial charge in [0.15, 0.2) is 5.75 Å². The Morgan fingerprint density at radius 3 is 2.41 bits per heavy atom. The lowest BCUT2D eigenvalue weighted by Gasteiger charge is -2.19. The molecule has 8 heteroatoms. The number of methoxy groups -OCH3 is 1. The SMILES string of the molecule is CCN(CC)C(=O)c1cccc(NC(=O)c2ccc(OC)c([N+](=O)[O-])c2)c1. The molecule has 27 heavy (non-hydrogen) atoms. The van der Waals surface area contributed by atoms with Crippen molar-refractivity contribution in [3.8, 4) is 5.75 Å². The lowest BCUT2D eigenvalue weighted by Crippen LogP contribution is -2.30. The number of hydrogen-bond acceptors (Lipinski definition) is 5. The molecule has 0 aliphatic rings. The van der Waals surface area contributed by atoms with Gasteiger partial charge in [-0.1, -0.05) is 6.07 Å². The van der Waals surface area contributed by atoms with Crippen molar-refractivity contribution in [3.63, 3.8) is 0 Å². The van der Waals surface area contributed by atoms with Crippen molar-refractivity contribution >= 4 is 23.2 Å². The minimum absolute atomic E-state index is 0.0726. The number of amides is 2. The number of rotatable bonds is 7. The van der Waals surface area contributed by atoms with Crippen molar-refractivity contribution in [1.82, 2.24) is 4.90 Å². The van der Waals surface area contributed by atoms with Crippen LogP contribution in [0, 0.1) is 10.1 Å². The molecular formula is C19H21N3O5. The summed E-state index contributed by atoms with van der Waals surface area (Å²) in [6, 6.07) is 10.5. The van der Waals surface area contributed by atoms with E-state index < -0.39 is 10.8 Å². The first-order valence-electron chi connectivity index (χ1n) is 8.44. The molecule has 0 atom stereocenters. The largest absolute Gasteiger partial charge is 0.490 e. The number of nitrogens with one attached hydrogen (secondary N) is 1. The second-order valence-corrected chi connectivity index (χ2v) is 5.66. The molecule has 0 aliphatic carbocycles. The quantitative estimate of drug-likeness (QED) is 0.594. The van der Waals surface area contributed by atoms with Gasteiger partial charge < -0.3 is 15.0 Å². The Morgan fingerprint density at radius 1 is 1.11 bits per heavy atom. The molecule has 0 unspecified atom stereocenters. The zero-order chi connectivity index (χ0) is 20.0. The van der Waals surface area contributed by atoms with Gasteiger partial charge >= 0.3 is 5.69 Å². The smallest absolute Gasteiger partial charge is 0.311 e. The molecule has 0 aliphatic heterocycles. The third-order valence-electron chi connectivity index (χ3n) is 4.06. The molecule has 0 bridgehead atoms. The molecule has 2 aromatic rings. The summed E-state index contributed by atoms with van der Waals surface area (Å²) in [5.74, 6) is -0.576. The predicted molar refractivity (Wildman–Crippen MR) is 101 cm³/mol. The van der Waals surface area contributed by atoms with Gasteiger partial charge in [-0.3, -0.25) is 19.7 Å². The van der Waals surface area contributed by atoms with Gasteiger partial charge in [-0.15, -0.1) is 0 Å². The highest BCUT2D eigenvalue weighted by Gasteiger charge is 2.19. The molecule has 142 valence electrons. The molecule has 0 saturated carbocycles. The van der Waals surface area contributed by atoms with Crippen molar-refractivity contribution < 1.29 is 19.2 Å². The molecule has 0 fully saturated rings. The molecule has 0 aromatic heterocycles. The van der Waals surface area contributed by atoms with E-state index >= 15 is 0 Å². The molecule has 2 aromatic carbocycles. The first kappa shape index (κ1) is 19.9. The number of nitro groups is 1. The Bertz CT molecular complexity index is 862. The van der Waals surface area contributed by atoms with Crippen LogP contribution >= 0.6 is 0 Å². The summed E-state index contributed by atoms with van der Waals surface area (Å²) >= 11 is 0. The molecular weight excluding hydrogens is 350 g/mol. The summed E-state index contributed by atoms with van der Waals surface area (Å²) in [4.78, 5) is 37.0. The maximum atomic E-state index is 12.4. The van der Waals surface area contributed by atoms with Crippen LogP contribution in [-0.4, -0.2) is 41.8 Å². The van der Waals surface area contributed by atoms with Crippen LogP contribution in [0.1, 0.15) is 34.6 Å². The molecule has 0 saturated heterocycles. The van der Waals surface area contributed by atoms with Gasteiger partial charge in [0.1, 0.15) is 0 Å². The van der Waals surface area contributed by atoms with Crippen LogP contribution < -0.4 is 10.1 Å². The summed E-state index contributed by atoms with van der Waals surface area (Å²) in [5.41, 5.74) is 0.701. The Labute approximate surface area is 156 Å². The molecule has 0 radical (unpaired) electrons. The Kier molecular flexibility index (Phi) is 6.48. The number of hydrogen-bond donors (Lipinski definition) is 1. The van der Waals surface area contributed by atoms with Gasteiger partial charge in [-0.2, -0.15) is 0 Å².